The molecule has 0 spiro atoms. The van der Waals surface area contributed by atoms with Crippen LogP contribution in [-0.4, -0.2) is 31.0 Å². The van der Waals surface area contributed by atoms with Gasteiger partial charge < -0.3 is 10.1 Å². The summed E-state index contributed by atoms with van der Waals surface area (Å²) in [7, 11) is 0. The highest BCUT2D eigenvalue weighted by molar-refractivity contribution is 6.27. The fraction of sp³-hybridized carbons (Fsp3) is 0.200. The van der Waals surface area contributed by atoms with Crippen molar-refractivity contribution in [3.05, 3.63) is 42.5 Å². The molecule has 0 aliphatic rings. The Bertz CT molecular complexity index is 640. The summed E-state index contributed by atoms with van der Waals surface area (Å²) in [6.07, 6.45) is -0.563. The van der Waals surface area contributed by atoms with Crippen LogP contribution in [0.1, 0.15) is 0 Å². The SMILES string of the molecule is O=C(CCl)NCCOC(=O)Nc1cccc2ccccc12. The van der Waals surface area contributed by atoms with Crippen molar-refractivity contribution < 1.29 is 14.3 Å². The molecule has 5 nitrogen and oxygen atoms in total. The Labute approximate surface area is 127 Å². The highest BCUT2D eigenvalue weighted by Gasteiger charge is 2.06. The number of rotatable bonds is 5. The average molecular weight is 307 g/mol. The summed E-state index contributed by atoms with van der Waals surface area (Å²) in [5.41, 5.74) is 0.683. The minimum absolute atomic E-state index is 0.0826. The molecule has 2 aromatic carbocycles. The second-order valence-electron chi connectivity index (χ2n) is 4.27. The van der Waals surface area contributed by atoms with E-state index in [2.05, 4.69) is 10.6 Å². The number of carbonyl (C=O) groups excluding carboxylic acids is 2. The fourth-order valence-electron chi connectivity index (χ4n) is 1.86. The highest BCUT2D eigenvalue weighted by atomic mass is 35.5. The van der Waals surface area contributed by atoms with Crippen LogP contribution in [0.25, 0.3) is 10.8 Å². The zero-order valence-corrected chi connectivity index (χ0v) is 12.0. The molecule has 0 saturated heterocycles. The number of alkyl halides is 1. The van der Waals surface area contributed by atoms with E-state index in [0.29, 0.717) is 5.69 Å². The highest BCUT2D eigenvalue weighted by Crippen LogP contribution is 2.22. The van der Waals surface area contributed by atoms with Gasteiger partial charge >= 0.3 is 6.09 Å². The minimum atomic E-state index is -0.563. The lowest BCUT2D eigenvalue weighted by molar-refractivity contribution is -0.118. The first-order valence-electron chi connectivity index (χ1n) is 6.45. The summed E-state index contributed by atoms with van der Waals surface area (Å²) in [5.74, 6) is -0.405. The molecule has 0 aliphatic carbocycles. The third-order valence-corrected chi connectivity index (χ3v) is 3.05. The Morgan fingerprint density at radius 3 is 2.67 bits per heavy atom. The lowest BCUT2D eigenvalue weighted by atomic mass is 10.1. The molecule has 0 heterocycles. The Morgan fingerprint density at radius 1 is 1.10 bits per heavy atom. The third kappa shape index (κ3) is 4.36. The number of halogens is 1. The van der Waals surface area contributed by atoms with Crippen LogP contribution in [0.3, 0.4) is 0 Å². The molecule has 0 aromatic heterocycles. The van der Waals surface area contributed by atoms with E-state index in [1.54, 1.807) is 6.07 Å². The van der Waals surface area contributed by atoms with Gasteiger partial charge in [0.05, 0.1) is 12.2 Å². The maximum absolute atomic E-state index is 11.7. The number of amides is 2. The summed E-state index contributed by atoms with van der Waals surface area (Å²) < 4.78 is 4.98. The summed E-state index contributed by atoms with van der Waals surface area (Å²) in [6, 6.07) is 13.4. The van der Waals surface area contributed by atoms with Crippen molar-refractivity contribution in [2.75, 3.05) is 24.3 Å². The first-order valence-corrected chi connectivity index (χ1v) is 6.98. The monoisotopic (exact) mass is 306 g/mol. The molecule has 2 amide bonds. The first kappa shape index (κ1) is 15.1. The van der Waals surface area contributed by atoms with Crippen molar-refractivity contribution in [2.45, 2.75) is 0 Å². The number of hydrogen-bond acceptors (Lipinski definition) is 3. The van der Waals surface area contributed by atoms with Gasteiger partial charge in [-0.15, -0.1) is 11.6 Å². The molecule has 110 valence electrons. The zero-order chi connectivity index (χ0) is 15.1. The number of hydrogen-bond donors (Lipinski definition) is 2. The van der Waals surface area contributed by atoms with Gasteiger partial charge in [-0.3, -0.25) is 10.1 Å². The molecule has 2 aromatic rings. The van der Waals surface area contributed by atoms with E-state index in [0.717, 1.165) is 10.8 Å². The summed E-state index contributed by atoms with van der Waals surface area (Å²) in [6.45, 7) is 0.313. The van der Waals surface area contributed by atoms with Crippen LogP contribution >= 0.6 is 11.6 Å². The lowest BCUT2D eigenvalue weighted by Crippen LogP contribution is -2.29. The second-order valence-corrected chi connectivity index (χ2v) is 4.54. The molecule has 0 unspecified atom stereocenters. The number of fused-ring (bicyclic) bond motifs is 1. The molecule has 0 atom stereocenters. The molecule has 2 N–H and O–H groups in total. The summed E-state index contributed by atoms with van der Waals surface area (Å²) in [4.78, 5) is 22.6. The van der Waals surface area contributed by atoms with Crippen LogP contribution in [0.2, 0.25) is 0 Å². The summed E-state index contributed by atoms with van der Waals surface area (Å²) >= 11 is 5.32. The van der Waals surface area contributed by atoms with E-state index in [9.17, 15) is 9.59 Å². The van der Waals surface area contributed by atoms with Gasteiger partial charge in [0.2, 0.25) is 5.91 Å². The van der Waals surface area contributed by atoms with Crippen molar-refractivity contribution in [1.82, 2.24) is 5.32 Å². The second kappa shape index (κ2) is 7.50. The molecule has 6 heteroatoms. The molecule has 0 aliphatic heterocycles. The topological polar surface area (TPSA) is 67.4 Å². The molecule has 0 saturated carbocycles. The average Bonchev–Trinajstić information content (AvgIpc) is 2.51. The predicted molar refractivity (Wildman–Crippen MR) is 82.6 cm³/mol. The number of ether oxygens (including phenoxy) is 1. The standard InChI is InChI=1S/C15H15ClN2O3/c16-10-14(19)17-8-9-21-15(20)18-13-7-3-5-11-4-1-2-6-12(11)13/h1-7H,8-10H2,(H,17,19)(H,18,20). The Morgan fingerprint density at radius 2 is 1.86 bits per heavy atom. The van der Waals surface area contributed by atoms with Crippen LogP contribution in [0.5, 0.6) is 0 Å². The normalized spacial score (nSPS) is 10.1. The number of nitrogens with one attached hydrogen (secondary N) is 2. The zero-order valence-electron chi connectivity index (χ0n) is 11.3. The number of carbonyl (C=O) groups is 2. The van der Waals surface area contributed by atoms with Gasteiger partial charge in [-0.2, -0.15) is 0 Å². The van der Waals surface area contributed by atoms with Crippen molar-refractivity contribution in [3.8, 4) is 0 Å². The predicted octanol–water partition coefficient (Wildman–Crippen LogP) is 2.74. The quantitative estimate of drug-likeness (QED) is 0.659. The molecule has 0 radical (unpaired) electrons. The van der Waals surface area contributed by atoms with E-state index < -0.39 is 6.09 Å². The van der Waals surface area contributed by atoms with Gasteiger partial charge in [0.25, 0.3) is 0 Å². The van der Waals surface area contributed by atoms with E-state index >= 15 is 0 Å². The van der Waals surface area contributed by atoms with Gasteiger partial charge in [-0.05, 0) is 11.5 Å². The maximum atomic E-state index is 11.7. The number of benzene rings is 2. The maximum Gasteiger partial charge on any atom is 0.411 e. The van der Waals surface area contributed by atoms with Crippen LogP contribution < -0.4 is 10.6 Å². The first-order chi connectivity index (χ1) is 10.2. The van der Waals surface area contributed by atoms with Crippen molar-refractivity contribution in [3.63, 3.8) is 0 Å². The largest absolute Gasteiger partial charge is 0.447 e. The van der Waals surface area contributed by atoms with Gasteiger partial charge in [0.15, 0.2) is 0 Å². The van der Waals surface area contributed by atoms with Crippen molar-refractivity contribution >= 4 is 40.1 Å². The Hall–Kier alpha value is -2.27. The Kier molecular flexibility index (Phi) is 5.40. The van der Waals surface area contributed by atoms with E-state index in [-0.39, 0.29) is 24.9 Å². The molecule has 21 heavy (non-hydrogen) atoms. The lowest BCUT2D eigenvalue weighted by Gasteiger charge is -2.09. The van der Waals surface area contributed by atoms with Gasteiger partial charge in [-0.25, -0.2) is 4.79 Å². The van der Waals surface area contributed by atoms with Crippen LogP contribution in [-0.2, 0) is 9.53 Å². The molecule has 0 bridgehead atoms. The van der Waals surface area contributed by atoms with Gasteiger partial charge in [0.1, 0.15) is 12.5 Å². The van der Waals surface area contributed by atoms with Crippen molar-refractivity contribution in [2.24, 2.45) is 0 Å². The van der Waals surface area contributed by atoms with E-state index in [1.165, 1.54) is 0 Å². The Balaban J connectivity index is 1.88. The van der Waals surface area contributed by atoms with Gasteiger partial charge in [-0.1, -0.05) is 36.4 Å². The van der Waals surface area contributed by atoms with Crippen LogP contribution in [0.4, 0.5) is 10.5 Å². The number of anilines is 1. The minimum Gasteiger partial charge on any atom is -0.447 e. The van der Waals surface area contributed by atoms with E-state index in [4.69, 9.17) is 16.3 Å². The van der Waals surface area contributed by atoms with Crippen LogP contribution in [0, 0.1) is 0 Å². The van der Waals surface area contributed by atoms with Crippen LogP contribution in [0.15, 0.2) is 42.5 Å². The third-order valence-electron chi connectivity index (χ3n) is 2.81. The molecule has 0 fully saturated rings. The molecular formula is C15H15ClN2O3. The van der Waals surface area contributed by atoms with Gasteiger partial charge in [0, 0.05) is 5.39 Å². The fourth-order valence-corrected chi connectivity index (χ4v) is 1.96. The molecular weight excluding hydrogens is 292 g/mol. The van der Waals surface area contributed by atoms with Crippen molar-refractivity contribution in [1.29, 1.82) is 0 Å². The molecule has 2 rings (SSSR count). The smallest absolute Gasteiger partial charge is 0.411 e. The summed E-state index contributed by atoms with van der Waals surface area (Å²) in [5, 5.41) is 7.16. The van der Waals surface area contributed by atoms with E-state index in [1.807, 2.05) is 36.4 Å².